The summed E-state index contributed by atoms with van der Waals surface area (Å²) in [6.45, 7) is 2.12. The predicted octanol–water partition coefficient (Wildman–Crippen LogP) is 2.17. The first kappa shape index (κ1) is 11.5. The van der Waals surface area contributed by atoms with Crippen LogP contribution in [0.4, 0.5) is 0 Å². The molecule has 17 heavy (non-hydrogen) atoms. The maximum absolute atomic E-state index is 11.5. The summed E-state index contributed by atoms with van der Waals surface area (Å²) in [7, 11) is 0. The number of aromatic amines is 1. The minimum Gasteiger partial charge on any atom is -0.307 e. The van der Waals surface area contributed by atoms with E-state index in [0.29, 0.717) is 5.82 Å². The highest BCUT2D eigenvalue weighted by Crippen LogP contribution is 2.12. The topological polar surface area (TPSA) is 58.6 Å². The van der Waals surface area contributed by atoms with Gasteiger partial charge in [-0.2, -0.15) is 0 Å². The van der Waals surface area contributed by atoms with Gasteiger partial charge in [0, 0.05) is 29.7 Å². The van der Waals surface area contributed by atoms with Crippen molar-refractivity contribution in [3.8, 4) is 11.4 Å². The summed E-state index contributed by atoms with van der Waals surface area (Å²) in [6.07, 6.45) is 6.37. The van der Waals surface area contributed by atoms with E-state index in [1.807, 2.05) is 12.1 Å². The van der Waals surface area contributed by atoms with Gasteiger partial charge in [-0.15, -0.1) is 0 Å². The number of pyridine rings is 1. The Balaban J connectivity index is 2.35. The lowest BCUT2D eigenvalue weighted by atomic mass is 10.2. The second-order valence-corrected chi connectivity index (χ2v) is 3.92. The normalized spacial score (nSPS) is 10.4. The van der Waals surface area contributed by atoms with Crippen LogP contribution in [0.15, 0.2) is 35.4 Å². The average molecular weight is 229 g/mol. The van der Waals surface area contributed by atoms with Crippen molar-refractivity contribution < 1.29 is 0 Å². The number of aryl methyl sites for hydroxylation is 1. The van der Waals surface area contributed by atoms with E-state index in [0.717, 1.165) is 30.5 Å². The van der Waals surface area contributed by atoms with Gasteiger partial charge in [0.25, 0.3) is 5.56 Å². The van der Waals surface area contributed by atoms with Gasteiger partial charge in [0.2, 0.25) is 0 Å². The van der Waals surface area contributed by atoms with Crippen LogP contribution in [0.2, 0.25) is 0 Å². The summed E-state index contributed by atoms with van der Waals surface area (Å²) in [5.74, 6) is 0.617. The third kappa shape index (κ3) is 3.00. The van der Waals surface area contributed by atoms with E-state index in [4.69, 9.17) is 0 Å². The maximum atomic E-state index is 11.5. The lowest BCUT2D eigenvalue weighted by molar-refractivity contribution is 0.772. The van der Waals surface area contributed by atoms with Crippen molar-refractivity contribution in [1.82, 2.24) is 15.0 Å². The molecule has 0 aliphatic rings. The zero-order valence-corrected chi connectivity index (χ0v) is 9.81. The van der Waals surface area contributed by atoms with Gasteiger partial charge in [-0.1, -0.05) is 13.3 Å². The number of H-pyrrole nitrogens is 1. The molecule has 0 spiro atoms. The highest BCUT2D eigenvalue weighted by molar-refractivity contribution is 5.53. The van der Waals surface area contributed by atoms with E-state index in [2.05, 4.69) is 21.9 Å². The summed E-state index contributed by atoms with van der Waals surface area (Å²) in [5.41, 5.74) is 1.63. The van der Waals surface area contributed by atoms with Gasteiger partial charge in [0.05, 0.1) is 0 Å². The molecule has 0 fully saturated rings. The van der Waals surface area contributed by atoms with Crippen molar-refractivity contribution in [3.05, 3.63) is 46.6 Å². The number of unbranched alkanes of at least 4 members (excludes halogenated alkanes) is 1. The van der Waals surface area contributed by atoms with Crippen LogP contribution in [0.3, 0.4) is 0 Å². The summed E-state index contributed by atoms with van der Waals surface area (Å²) in [6, 6.07) is 5.24. The fourth-order valence-electron chi connectivity index (χ4n) is 1.64. The molecule has 2 aromatic rings. The predicted molar refractivity (Wildman–Crippen MR) is 66.7 cm³/mol. The Morgan fingerprint density at radius 2 is 2.06 bits per heavy atom. The third-order valence-electron chi connectivity index (χ3n) is 2.53. The number of nitrogens with one attached hydrogen (secondary N) is 1. The molecule has 0 aliphatic carbocycles. The fraction of sp³-hybridized carbons (Fsp3) is 0.308. The van der Waals surface area contributed by atoms with Crippen LogP contribution in [-0.4, -0.2) is 15.0 Å². The Bertz CT molecular complexity index is 534. The molecule has 4 heteroatoms. The van der Waals surface area contributed by atoms with E-state index in [9.17, 15) is 4.79 Å². The van der Waals surface area contributed by atoms with Gasteiger partial charge in [-0.05, 0) is 25.0 Å². The lowest BCUT2D eigenvalue weighted by Crippen LogP contribution is -2.10. The van der Waals surface area contributed by atoms with E-state index in [1.54, 1.807) is 18.5 Å². The molecule has 4 nitrogen and oxygen atoms in total. The van der Waals surface area contributed by atoms with Crippen molar-refractivity contribution in [2.24, 2.45) is 0 Å². The van der Waals surface area contributed by atoms with Crippen molar-refractivity contribution in [3.63, 3.8) is 0 Å². The molecule has 0 unspecified atom stereocenters. The van der Waals surface area contributed by atoms with Gasteiger partial charge < -0.3 is 4.98 Å². The van der Waals surface area contributed by atoms with E-state index >= 15 is 0 Å². The molecule has 0 radical (unpaired) electrons. The minimum atomic E-state index is -0.0992. The van der Waals surface area contributed by atoms with Crippen molar-refractivity contribution in [2.75, 3.05) is 0 Å². The highest BCUT2D eigenvalue weighted by atomic mass is 16.1. The number of hydrogen-bond donors (Lipinski definition) is 1. The monoisotopic (exact) mass is 229 g/mol. The molecule has 1 N–H and O–H groups in total. The zero-order valence-electron chi connectivity index (χ0n) is 9.81. The molecule has 2 heterocycles. The molecule has 0 saturated heterocycles. The quantitative estimate of drug-likeness (QED) is 0.874. The van der Waals surface area contributed by atoms with Crippen molar-refractivity contribution in [1.29, 1.82) is 0 Å². The standard InChI is InChI=1S/C13H15N3O/c1-2-3-4-11-9-12(17)16-13(15-11)10-5-7-14-8-6-10/h5-9H,2-4H2,1H3,(H,15,16,17). The summed E-state index contributed by atoms with van der Waals surface area (Å²) in [4.78, 5) is 22.7. The van der Waals surface area contributed by atoms with Crippen LogP contribution < -0.4 is 5.56 Å². The first-order valence-corrected chi connectivity index (χ1v) is 5.80. The number of rotatable bonds is 4. The van der Waals surface area contributed by atoms with Crippen LogP contribution >= 0.6 is 0 Å². The molecule has 0 amide bonds. The Labute approximate surface area is 99.8 Å². The van der Waals surface area contributed by atoms with Crippen LogP contribution in [-0.2, 0) is 6.42 Å². The Morgan fingerprint density at radius 3 is 2.76 bits per heavy atom. The van der Waals surface area contributed by atoms with Crippen molar-refractivity contribution >= 4 is 0 Å². The van der Waals surface area contributed by atoms with Crippen molar-refractivity contribution in [2.45, 2.75) is 26.2 Å². The Hall–Kier alpha value is -1.97. The van der Waals surface area contributed by atoms with Gasteiger partial charge in [-0.25, -0.2) is 4.98 Å². The fourth-order valence-corrected chi connectivity index (χ4v) is 1.64. The smallest absolute Gasteiger partial charge is 0.251 e. The summed E-state index contributed by atoms with van der Waals surface area (Å²) in [5, 5.41) is 0. The van der Waals surface area contributed by atoms with E-state index < -0.39 is 0 Å². The second-order valence-electron chi connectivity index (χ2n) is 3.92. The largest absolute Gasteiger partial charge is 0.307 e. The van der Waals surface area contributed by atoms with Gasteiger partial charge >= 0.3 is 0 Å². The Kier molecular flexibility index (Phi) is 3.65. The second kappa shape index (κ2) is 5.39. The van der Waals surface area contributed by atoms with Crippen LogP contribution in [0.25, 0.3) is 11.4 Å². The SMILES string of the molecule is CCCCc1cc(=O)[nH]c(-c2ccncc2)n1. The average Bonchev–Trinajstić information content (AvgIpc) is 2.37. The minimum absolute atomic E-state index is 0.0992. The first-order chi connectivity index (χ1) is 8.29. The molecular weight excluding hydrogens is 214 g/mol. The van der Waals surface area contributed by atoms with Crippen LogP contribution in [0, 0.1) is 0 Å². The molecule has 0 atom stereocenters. The van der Waals surface area contributed by atoms with Crippen LogP contribution in [0.1, 0.15) is 25.5 Å². The molecule has 0 bridgehead atoms. The number of hydrogen-bond acceptors (Lipinski definition) is 3. The van der Waals surface area contributed by atoms with Gasteiger partial charge in [0.15, 0.2) is 0 Å². The van der Waals surface area contributed by atoms with Crippen LogP contribution in [0.5, 0.6) is 0 Å². The highest BCUT2D eigenvalue weighted by Gasteiger charge is 2.03. The molecule has 0 aliphatic heterocycles. The van der Waals surface area contributed by atoms with Gasteiger partial charge in [-0.3, -0.25) is 9.78 Å². The maximum Gasteiger partial charge on any atom is 0.251 e. The summed E-state index contributed by atoms with van der Waals surface area (Å²) >= 11 is 0. The number of nitrogens with zero attached hydrogens (tertiary/aromatic N) is 2. The Morgan fingerprint density at radius 1 is 1.29 bits per heavy atom. The molecule has 2 aromatic heterocycles. The lowest BCUT2D eigenvalue weighted by Gasteiger charge is -2.03. The molecule has 0 saturated carbocycles. The molecular formula is C13H15N3O. The molecule has 88 valence electrons. The summed E-state index contributed by atoms with van der Waals surface area (Å²) < 4.78 is 0. The third-order valence-corrected chi connectivity index (χ3v) is 2.53. The molecule has 2 rings (SSSR count). The van der Waals surface area contributed by atoms with Gasteiger partial charge in [0.1, 0.15) is 5.82 Å². The number of aromatic nitrogens is 3. The van der Waals surface area contributed by atoms with E-state index in [1.165, 1.54) is 0 Å². The zero-order chi connectivity index (χ0) is 12.1. The van der Waals surface area contributed by atoms with E-state index in [-0.39, 0.29) is 5.56 Å². The first-order valence-electron chi connectivity index (χ1n) is 5.80. The molecule has 0 aromatic carbocycles.